The second kappa shape index (κ2) is 4.04. The van der Waals surface area contributed by atoms with E-state index in [2.05, 4.69) is 10.2 Å². The van der Waals surface area contributed by atoms with Gasteiger partial charge in [-0.2, -0.15) is 0 Å². The maximum Gasteiger partial charge on any atom is 0.342 e. The van der Waals surface area contributed by atoms with Gasteiger partial charge in [0.15, 0.2) is 5.65 Å². The molecule has 2 rings (SSSR count). The first kappa shape index (κ1) is 11.4. The predicted octanol–water partition coefficient (Wildman–Crippen LogP) is 1.11. The number of nitrogen functional groups attached to an aromatic ring is 1. The molecule has 2 N–H and O–H groups in total. The molecule has 0 saturated heterocycles. The number of rotatable bonds is 2. The number of nitrogens with zero attached hydrogens (tertiary/aromatic N) is 3. The Hall–Kier alpha value is -2.11. The largest absolute Gasteiger partial charge is 0.462 e. The van der Waals surface area contributed by atoms with Gasteiger partial charge in [0, 0.05) is 5.69 Å². The molecule has 0 bridgehead atoms. The third kappa shape index (κ3) is 1.71. The molecule has 0 aliphatic heterocycles. The van der Waals surface area contributed by atoms with Crippen LogP contribution in [0.5, 0.6) is 0 Å². The van der Waals surface area contributed by atoms with E-state index in [-0.39, 0.29) is 5.95 Å². The minimum absolute atomic E-state index is 0.267. The molecule has 90 valence electrons. The lowest BCUT2D eigenvalue weighted by Gasteiger charge is -2.09. The van der Waals surface area contributed by atoms with Gasteiger partial charge >= 0.3 is 5.97 Å². The van der Waals surface area contributed by atoms with Crippen molar-refractivity contribution in [1.82, 2.24) is 14.6 Å². The second-order valence-corrected chi connectivity index (χ2v) is 3.78. The van der Waals surface area contributed by atoms with Crippen LogP contribution in [0.2, 0.25) is 0 Å². The van der Waals surface area contributed by atoms with Crippen LogP contribution in [0.25, 0.3) is 5.65 Å². The molecule has 0 radical (unpaired) electrons. The highest BCUT2D eigenvalue weighted by Crippen LogP contribution is 2.19. The molecule has 6 nitrogen and oxygen atoms in total. The summed E-state index contributed by atoms with van der Waals surface area (Å²) in [5.41, 5.74) is 8.26. The first-order valence-corrected chi connectivity index (χ1v) is 5.34. The number of nitrogens with two attached hydrogens (primary N) is 1. The third-order valence-corrected chi connectivity index (χ3v) is 2.56. The highest BCUT2D eigenvalue weighted by molar-refractivity contribution is 5.97. The van der Waals surface area contributed by atoms with Gasteiger partial charge in [-0.1, -0.05) is 0 Å². The summed E-state index contributed by atoms with van der Waals surface area (Å²) in [6.07, 6.45) is 0. The Balaban J connectivity index is 2.74. The summed E-state index contributed by atoms with van der Waals surface area (Å²) in [6, 6.07) is 1.86. The smallest absolute Gasteiger partial charge is 0.342 e. The Morgan fingerprint density at radius 2 is 2.18 bits per heavy atom. The van der Waals surface area contributed by atoms with E-state index in [4.69, 9.17) is 10.5 Å². The van der Waals surface area contributed by atoms with Gasteiger partial charge in [0.2, 0.25) is 5.95 Å². The van der Waals surface area contributed by atoms with Crippen LogP contribution in [-0.4, -0.2) is 27.2 Å². The molecule has 2 aromatic heterocycles. The Labute approximate surface area is 98.4 Å². The summed E-state index contributed by atoms with van der Waals surface area (Å²) in [5.74, 6) is -0.134. The molecule has 6 heteroatoms. The molecule has 17 heavy (non-hydrogen) atoms. The van der Waals surface area contributed by atoms with Gasteiger partial charge in [-0.25, -0.2) is 4.79 Å². The summed E-state index contributed by atoms with van der Waals surface area (Å²) < 4.78 is 6.64. The van der Waals surface area contributed by atoms with Gasteiger partial charge < -0.3 is 10.5 Å². The van der Waals surface area contributed by atoms with Crippen LogP contribution in [0.4, 0.5) is 5.95 Å². The molecule has 0 aliphatic rings. The van der Waals surface area contributed by atoms with Crippen LogP contribution in [0.3, 0.4) is 0 Å². The van der Waals surface area contributed by atoms with Crippen molar-refractivity contribution in [3.8, 4) is 0 Å². The Morgan fingerprint density at radius 1 is 1.47 bits per heavy atom. The number of aromatic nitrogens is 3. The van der Waals surface area contributed by atoms with Gasteiger partial charge in [-0.3, -0.25) is 4.40 Å². The average molecular weight is 234 g/mol. The number of pyridine rings is 1. The molecule has 0 aliphatic carbocycles. The Bertz CT molecular complexity index is 589. The molecular formula is C11H14N4O2. The minimum atomic E-state index is -0.401. The fourth-order valence-electron chi connectivity index (χ4n) is 1.89. The highest BCUT2D eigenvalue weighted by Gasteiger charge is 2.19. The lowest BCUT2D eigenvalue weighted by molar-refractivity contribution is 0.0527. The van der Waals surface area contributed by atoms with E-state index < -0.39 is 5.97 Å². The molecule has 0 aromatic carbocycles. The summed E-state index contributed by atoms with van der Waals surface area (Å²) in [7, 11) is 0. The number of carbonyl (C=O) groups excluding carboxylic acids is 1. The Kier molecular flexibility index (Phi) is 2.71. The van der Waals surface area contributed by atoms with Crippen LogP contribution in [-0.2, 0) is 4.74 Å². The van der Waals surface area contributed by atoms with E-state index in [0.29, 0.717) is 17.8 Å². The number of carbonyl (C=O) groups is 1. The van der Waals surface area contributed by atoms with E-state index in [0.717, 1.165) is 11.3 Å². The average Bonchev–Trinajstić information content (AvgIpc) is 2.61. The third-order valence-electron chi connectivity index (χ3n) is 2.56. The van der Waals surface area contributed by atoms with E-state index in [1.807, 2.05) is 19.9 Å². The molecule has 0 fully saturated rings. The molecule has 2 heterocycles. The van der Waals surface area contributed by atoms with Crippen molar-refractivity contribution in [2.24, 2.45) is 0 Å². The van der Waals surface area contributed by atoms with Crippen molar-refractivity contribution in [3.05, 3.63) is 22.9 Å². The van der Waals surface area contributed by atoms with Crippen molar-refractivity contribution in [2.75, 3.05) is 12.3 Å². The van der Waals surface area contributed by atoms with Gasteiger partial charge in [-0.05, 0) is 32.4 Å². The summed E-state index contributed by atoms with van der Waals surface area (Å²) in [6.45, 7) is 5.80. The number of esters is 1. The van der Waals surface area contributed by atoms with Crippen LogP contribution in [0.1, 0.15) is 28.5 Å². The molecule has 0 spiro atoms. The van der Waals surface area contributed by atoms with E-state index >= 15 is 0 Å². The van der Waals surface area contributed by atoms with Crippen molar-refractivity contribution in [1.29, 1.82) is 0 Å². The van der Waals surface area contributed by atoms with Crippen molar-refractivity contribution < 1.29 is 9.53 Å². The minimum Gasteiger partial charge on any atom is -0.462 e. The van der Waals surface area contributed by atoms with Crippen LogP contribution < -0.4 is 5.73 Å². The number of fused-ring (bicyclic) bond motifs is 1. The zero-order chi connectivity index (χ0) is 12.6. The van der Waals surface area contributed by atoms with Gasteiger partial charge in [0.05, 0.1) is 6.61 Å². The number of anilines is 1. The monoisotopic (exact) mass is 234 g/mol. The maximum atomic E-state index is 11.9. The lowest BCUT2D eigenvalue weighted by Crippen LogP contribution is -2.11. The van der Waals surface area contributed by atoms with Crippen LogP contribution >= 0.6 is 0 Å². The zero-order valence-corrected chi connectivity index (χ0v) is 10.0. The predicted molar refractivity (Wildman–Crippen MR) is 62.8 cm³/mol. The number of aryl methyl sites for hydroxylation is 2. The standard InChI is InChI=1S/C11H14N4O2/c1-4-17-10(16)8-6(2)5-7(3)15-9(8)13-14-11(15)12/h5H,4H2,1-3H3,(H2,12,14). The number of hydrogen-bond donors (Lipinski definition) is 1. The Morgan fingerprint density at radius 3 is 2.82 bits per heavy atom. The molecular weight excluding hydrogens is 220 g/mol. The topological polar surface area (TPSA) is 82.5 Å². The number of hydrogen-bond acceptors (Lipinski definition) is 5. The summed E-state index contributed by atoms with van der Waals surface area (Å²) in [5, 5.41) is 7.71. The first-order chi connectivity index (χ1) is 8.06. The summed E-state index contributed by atoms with van der Waals surface area (Å²) in [4.78, 5) is 11.9. The van der Waals surface area contributed by atoms with E-state index in [1.54, 1.807) is 11.3 Å². The fraction of sp³-hybridized carbons (Fsp3) is 0.364. The van der Waals surface area contributed by atoms with Crippen molar-refractivity contribution in [3.63, 3.8) is 0 Å². The quantitative estimate of drug-likeness (QED) is 0.787. The van der Waals surface area contributed by atoms with Crippen LogP contribution in [0.15, 0.2) is 6.07 Å². The highest BCUT2D eigenvalue weighted by atomic mass is 16.5. The maximum absolute atomic E-state index is 11.9. The van der Waals surface area contributed by atoms with Gasteiger partial charge in [0.1, 0.15) is 5.56 Å². The van der Waals surface area contributed by atoms with E-state index in [1.165, 1.54) is 0 Å². The van der Waals surface area contributed by atoms with Gasteiger partial charge in [0.25, 0.3) is 0 Å². The van der Waals surface area contributed by atoms with Gasteiger partial charge in [-0.15, -0.1) is 10.2 Å². The van der Waals surface area contributed by atoms with E-state index in [9.17, 15) is 4.79 Å². The fourth-order valence-corrected chi connectivity index (χ4v) is 1.89. The SMILES string of the molecule is CCOC(=O)c1c(C)cc(C)n2c(N)nnc12. The molecule has 0 saturated carbocycles. The first-order valence-electron chi connectivity index (χ1n) is 5.34. The second-order valence-electron chi connectivity index (χ2n) is 3.78. The molecule has 0 amide bonds. The molecule has 2 aromatic rings. The van der Waals surface area contributed by atoms with Crippen LogP contribution in [0, 0.1) is 13.8 Å². The normalized spacial score (nSPS) is 10.8. The van der Waals surface area contributed by atoms with Crippen molar-refractivity contribution in [2.45, 2.75) is 20.8 Å². The number of ether oxygens (including phenoxy) is 1. The lowest BCUT2D eigenvalue weighted by atomic mass is 10.1. The summed E-state index contributed by atoms with van der Waals surface area (Å²) >= 11 is 0. The molecule has 0 unspecified atom stereocenters. The molecule has 0 atom stereocenters. The zero-order valence-electron chi connectivity index (χ0n) is 10.0. The van der Waals surface area contributed by atoms with Crippen molar-refractivity contribution >= 4 is 17.6 Å².